The second kappa shape index (κ2) is 6.87. The summed E-state index contributed by atoms with van der Waals surface area (Å²) < 4.78 is 17.7. The first-order chi connectivity index (χ1) is 8.61. The monoisotopic (exact) mass is 336 g/mol. The van der Waals surface area contributed by atoms with E-state index in [0.717, 1.165) is 0 Å². The molecule has 0 heterocycles. The van der Waals surface area contributed by atoms with Crippen LogP contribution in [0.25, 0.3) is 0 Å². The van der Waals surface area contributed by atoms with Crippen LogP contribution < -0.4 is 0 Å². The molecule has 20 heavy (non-hydrogen) atoms. The van der Waals surface area contributed by atoms with Crippen LogP contribution in [-0.4, -0.2) is 43.1 Å². The molecule has 0 aromatic heterocycles. The number of rotatable bonds is 7. The normalized spacial score (nSPS) is 16.7. The van der Waals surface area contributed by atoms with E-state index < -0.39 is 31.1 Å². The van der Waals surface area contributed by atoms with E-state index in [-0.39, 0.29) is 12.1 Å². The summed E-state index contributed by atoms with van der Waals surface area (Å²) in [4.78, 5) is 12.4. The fourth-order valence-electron chi connectivity index (χ4n) is 1.70. The molecule has 2 atom stereocenters. The fourth-order valence-corrected chi connectivity index (χ4v) is 4.70. The number of carbonyl (C=O) groups is 1. The third-order valence-corrected chi connectivity index (χ3v) is 4.94. The Labute approximate surface area is 127 Å². The Bertz CT molecular complexity index is 326. The third kappa shape index (κ3) is 9.87. The minimum absolute atomic E-state index is 0.266. The predicted octanol–water partition coefficient (Wildman–Crippen LogP) is 3.82. The lowest BCUT2D eigenvalue weighted by atomic mass is 10.2. The molecule has 0 radical (unpaired) electrons. The van der Waals surface area contributed by atoms with Gasteiger partial charge in [0, 0.05) is 0 Å². The molecule has 0 N–H and O–H groups in total. The van der Waals surface area contributed by atoms with Crippen LogP contribution in [0.3, 0.4) is 0 Å². The molecule has 0 saturated heterocycles. The van der Waals surface area contributed by atoms with Crippen molar-refractivity contribution in [3.05, 3.63) is 0 Å². The minimum atomic E-state index is -1.92. The highest BCUT2D eigenvalue weighted by Crippen LogP contribution is 2.19. The molecule has 0 unspecified atom stereocenters. The van der Waals surface area contributed by atoms with Gasteiger partial charge in [-0.25, -0.2) is 0 Å². The van der Waals surface area contributed by atoms with Crippen LogP contribution in [0, 0.1) is 0 Å². The van der Waals surface area contributed by atoms with E-state index in [1.54, 1.807) is 0 Å². The molecule has 0 aliphatic rings. The number of hydrogen-bond donors (Lipinski definition) is 0. The van der Waals surface area contributed by atoms with Crippen LogP contribution in [0.1, 0.15) is 6.92 Å². The molecule has 4 nitrogen and oxygen atoms in total. The average Bonchev–Trinajstić information content (AvgIpc) is 2.06. The molecular formula is C13H32O4Si3. The SMILES string of the molecule is C[C@H](O[Si](C)(C)C)[C@@H](O[Si](C)(C)C)C(=O)O[Si](C)(C)C. The third-order valence-electron chi connectivity index (χ3n) is 2.09. The molecule has 0 saturated carbocycles. The summed E-state index contributed by atoms with van der Waals surface area (Å²) in [5, 5.41) is 0. The van der Waals surface area contributed by atoms with E-state index in [1.165, 1.54) is 0 Å². The Kier molecular flexibility index (Phi) is 6.88. The van der Waals surface area contributed by atoms with E-state index in [4.69, 9.17) is 13.3 Å². The molecule has 0 aromatic rings. The van der Waals surface area contributed by atoms with Gasteiger partial charge in [-0.15, -0.1) is 0 Å². The summed E-state index contributed by atoms with van der Waals surface area (Å²) in [6.07, 6.45) is -0.877. The van der Waals surface area contributed by atoms with Crippen molar-refractivity contribution in [2.24, 2.45) is 0 Å². The van der Waals surface area contributed by atoms with Crippen molar-refractivity contribution in [1.29, 1.82) is 0 Å². The van der Waals surface area contributed by atoms with E-state index in [2.05, 4.69) is 39.3 Å². The summed E-state index contributed by atoms with van der Waals surface area (Å²) >= 11 is 0. The maximum absolute atomic E-state index is 12.4. The summed E-state index contributed by atoms with van der Waals surface area (Å²) in [7, 11) is -5.49. The van der Waals surface area contributed by atoms with Crippen molar-refractivity contribution >= 4 is 30.9 Å². The number of carbonyl (C=O) groups excluding carboxylic acids is 1. The van der Waals surface area contributed by atoms with Crippen LogP contribution in [0.4, 0.5) is 0 Å². The van der Waals surface area contributed by atoms with Gasteiger partial charge in [0.25, 0.3) is 0 Å². The van der Waals surface area contributed by atoms with Gasteiger partial charge >= 0.3 is 5.97 Å². The number of hydrogen-bond acceptors (Lipinski definition) is 4. The molecule has 7 heteroatoms. The predicted molar refractivity (Wildman–Crippen MR) is 91.6 cm³/mol. The van der Waals surface area contributed by atoms with Crippen molar-refractivity contribution in [1.82, 2.24) is 0 Å². The van der Waals surface area contributed by atoms with Crippen molar-refractivity contribution < 1.29 is 18.1 Å². The molecule has 0 spiro atoms. The molecule has 0 fully saturated rings. The Morgan fingerprint density at radius 1 is 0.750 bits per heavy atom. The van der Waals surface area contributed by atoms with Crippen LogP contribution in [-0.2, 0) is 18.1 Å². The van der Waals surface area contributed by atoms with Crippen molar-refractivity contribution in [3.8, 4) is 0 Å². The molecule has 0 amide bonds. The standard InChI is InChI=1S/C13H32O4Si3/c1-11(15-18(2,3)4)12(16-19(5,6)7)13(14)17-20(8,9)10/h11-12H,1-10H3/t11-,12+/m0/s1. The van der Waals surface area contributed by atoms with Gasteiger partial charge in [0.2, 0.25) is 8.32 Å². The zero-order chi connectivity index (χ0) is 16.4. The van der Waals surface area contributed by atoms with Gasteiger partial charge in [-0.1, -0.05) is 0 Å². The Hall–Kier alpha value is 0.0406. The first kappa shape index (κ1) is 20.0. The molecule has 120 valence electrons. The largest absolute Gasteiger partial charge is 0.518 e. The van der Waals surface area contributed by atoms with Crippen LogP contribution in [0.2, 0.25) is 58.9 Å². The van der Waals surface area contributed by atoms with Gasteiger partial charge < -0.3 is 13.3 Å². The molecule has 0 aliphatic heterocycles. The molecule has 0 aliphatic carbocycles. The fraction of sp³-hybridized carbons (Fsp3) is 0.923. The van der Waals surface area contributed by atoms with Crippen LogP contribution >= 0.6 is 0 Å². The zero-order valence-electron chi connectivity index (χ0n) is 14.8. The second-order valence-electron chi connectivity index (χ2n) is 8.12. The Morgan fingerprint density at radius 3 is 1.45 bits per heavy atom. The highest BCUT2D eigenvalue weighted by atomic mass is 28.4. The van der Waals surface area contributed by atoms with E-state index in [0.29, 0.717) is 0 Å². The Morgan fingerprint density at radius 2 is 1.15 bits per heavy atom. The quantitative estimate of drug-likeness (QED) is 0.663. The first-order valence-electron chi connectivity index (χ1n) is 7.19. The lowest BCUT2D eigenvalue weighted by molar-refractivity contribution is -0.147. The molecule has 0 aromatic carbocycles. The van der Waals surface area contributed by atoms with Gasteiger partial charge in [0.15, 0.2) is 22.7 Å². The molecule has 0 bridgehead atoms. The lowest BCUT2D eigenvalue weighted by Crippen LogP contribution is -2.49. The van der Waals surface area contributed by atoms with Crippen LogP contribution in [0.5, 0.6) is 0 Å². The lowest BCUT2D eigenvalue weighted by Gasteiger charge is -2.34. The highest BCUT2D eigenvalue weighted by molar-refractivity contribution is 6.72. The van der Waals surface area contributed by atoms with Gasteiger partial charge in [0.05, 0.1) is 6.10 Å². The van der Waals surface area contributed by atoms with Crippen molar-refractivity contribution in [2.45, 2.75) is 78.1 Å². The van der Waals surface area contributed by atoms with Gasteiger partial charge in [-0.05, 0) is 65.8 Å². The summed E-state index contributed by atoms with van der Waals surface area (Å²) in [6, 6.07) is 0. The summed E-state index contributed by atoms with van der Waals surface area (Å²) in [5.41, 5.74) is 0. The molecule has 0 rings (SSSR count). The van der Waals surface area contributed by atoms with Gasteiger partial charge in [-0.3, -0.25) is 4.79 Å². The average molecular weight is 337 g/mol. The topological polar surface area (TPSA) is 44.8 Å². The summed E-state index contributed by atoms with van der Waals surface area (Å²) in [6.45, 7) is 20.5. The van der Waals surface area contributed by atoms with Gasteiger partial charge in [-0.2, -0.15) is 0 Å². The minimum Gasteiger partial charge on any atom is -0.518 e. The smallest absolute Gasteiger partial charge is 0.323 e. The van der Waals surface area contributed by atoms with Gasteiger partial charge in [0.1, 0.15) is 0 Å². The highest BCUT2D eigenvalue weighted by Gasteiger charge is 2.37. The van der Waals surface area contributed by atoms with Crippen molar-refractivity contribution in [3.63, 3.8) is 0 Å². The van der Waals surface area contributed by atoms with E-state index >= 15 is 0 Å². The molecular weight excluding hydrogens is 304 g/mol. The maximum Gasteiger partial charge on any atom is 0.323 e. The first-order valence-corrected chi connectivity index (χ1v) is 17.4. The summed E-state index contributed by atoms with van der Waals surface area (Å²) in [5.74, 6) is -0.266. The second-order valence-corrected chi connectivity index (χ2v) is 21.5. The van der Waals surface area contributed by atoms with Crippen LogP contribution in [0.15, 0.2) is 0 Å². The van der Waals surface area contributed by atoms with E-state index in [1.807, 2.05) is 26.6 Å². The van der Waals surface area contributed by atoms with Crippen molar-refractivity contribution in [2.75, 3.05) is 0 Å². The maximum atomic E-state index is 12.4. The van der Waals surface area contributed by atoms with E-state index in [9.17, 15) is 4.79 Å². The zero-order valence-corrected chi connectivity index (χ0v) is 17.8. The Balaban J connectivity index is 5.03.